The molecule has 0 radical (unpaired) electrons. The molecule has 2 aromatic heterocycles. The summed E-state index contributed by atoms with van der Waals surface area (Å²) in [6.07, 6.45) is 7.19. The van der Waals surface area contributed by atoms with Crippen molar-refractivity contribution in [3.63, 3.8) is 0 Å². The topological polar surface area (TPSA) is 88.4 Å². The van der Waals surface area contributed by atoms with Crippen LogP contribution in [-0.2, 0) is 10.0 Å². The van der Waals surface area contributed by atoms with Crippen molar-refractivity contribution < 1.29 is 12.8 Å². The molecule has 0 aliphatic heterocycles. The number of hydrogen-bond donors (Lipinski definition) is 2. The molecular weight excluding hydrogens is 389 g/mol. The number of rotatable bonds is 10. The molecular formula is C17H22FN5O2S2. The molecule has 0 saturated carbocycles. The van der Waals surface area contributed by atoms with E-state index in [4.69, 9.17) is 0 Å². The summed E-state index contributed by atoms with van der Waals surface area (Å²) in [4.78, 5) is 5.03. The molecule has 3 aromatic rings. The van der Waals surface area contributed by atoms with Gasteiger partial charge < -0.3 is 5.32 Å². The summed E-state index contributed by atoms with van der Waals surface area (Å²) in [7, 11) is -3.67. The highest BCUT2D eigenvalue weighted by Crippen LogP contribution is 2.16. The lowest BCUT2D eigenvalue weighted by atomic mass is 10.2. The number of hydrogen-bond acceptors (Lipinski definition) is 6. The molecule has 1 aromatic carbocycles. The third kappa shape index (κ3) is 5.02. The number of benzene rings is 1. The van der Waals surface area contributed by atoms with Crippen LogP contribution in [0.5, 0.6) is 0 Å². The highest BCUT2D eigenvalue weighted by molar-refractivity contribution is 7.89. The highest BCUT2D eigenvalue weighted by Gasteiger charge is 2.16. The van der Waals surface area contributed by atoms with Crippen molar-refractivity contribution in [3.05, 3.63) is 42.0 Å². The Bertz CT molecular complexity index is 1000. The van der Waals surface area contributed by atoms with Gasteiger partial charge in [0.1, 0.15) is 5.82 Å². The molecule has 2 heterocycles. The maximum Gasteiger partial charge on any atom is 0.240 e. The predicted octanol–water partition coefficient (Wildman–Crippen LogP) is 3.19. The lowest BCUT2D eigenvalue weighted by Gasteiger charge is -2.09. The van der Waals surface area contributed by atoms with Crippen LogP contribution in [-0.4, -0.2) is 35.3 Å². The Morgan fingerprint density at radius 1 is 1.19 bits per heavy atom. The minimum atomic E-state index is -3.67. The number of imidazole rings is 1. The van der Waals surface area contributed by atoms with Crippen molar-refractivity contribution in [2.75, 3.05) is 18.4 Å². The maximum absolute atomic E-state index is 13.3. The van der Waals surface area contributed by atoms with Crippen molar-refractivity contribution in [2.24, 2.45) is 0 Å². The minimum absolute atomic E-state index is 0.000722. The number of halogens is 1. The number of nitrogens with one attached hydrogen (secondary N) is 2. The van der Waals surface area contributed by atoms with Crippen LogP contribution in [0.3, 0.4) is 0 Å². The molecule has 0 aliphatic carbocycles. The first-order valence-corrected chi connectivity index (χ1v) is 11.0. The molecule has 0 aliphatic rings. The molecule has 3 rings (SSSR count). The monoisotopic (exact) mass is 411 g/mol. The van der Waals surface area contributed by atoms with Crippen LogP contribution in [0.1, 0.15) is 31.2 Å². The molecule has 0 saturated heterocycles. The Balaban J connectivity index is 1.33. The van der Waals surface area contributed by atoms with Crippen LogP contribution in [0.25, 0.3) is 4.96 Å². The van der Waals surface area contributed by atoms with Gasteiger partial charge in [0.2, 0.25) is 20.9 Å². The second kappa shape index (κ2) is 8.77. The Labute approximate surface area is 161 Å². The Kier molecular flexibility index (Phi) is 6.40. The summed E-state index contributed by atoms with van der Waals surface area (Å²) >= 11 is 1.35. The summed E-state index contributed by atoms with van der Waals surface area (Å²) in [5, 5.41) is 3.28. The first kappa shape index (κ1) is 19.7. The summed E-state index contributed by atoms with van der Waals surface area (Å²) in [5.74, 6) is 0.243. The number of fused-ring (bicyclic) bond motifs is 1. The van der Waals surface area contributed by atoms with E-state index in [1.165, 1.54) is 23.7 Å². The van der Waals surface area contributed by atoms with Crippen molar-refractivity contribution >= 4 is 32.5 Å². The van der Waals surface area contributed by atoms with Gasteiger partial charge >= 0.3 is 0 Å². The first-order chi connectivity index (χ1) is 13.0. The molecule has 2 N–H and O–H groups in total. The summed E-state index contributed by atoms with van der Waals surface area (Å²) in [6, 6.07) is 3.78. The molecule has 0 atom stereocenters. The number of aryl methyl sites for hydroxylation is 1. The Morgan fingerprint density at radius 2 is 1.96 bits per heavy atom. The molecule has 0 bridgehead atoms. The fourth-order valence-corrected chi connectivity index (χ4v) is 4.71. The molecule has 10 heteroatoms. The second-order valence-corrected chi connectivity index (χ2v) is 8.70. The number of unbranched alkanes of at least 4 members (excludes halogenated alkanes) is 3. The lowest BCUT2D eigenvalue weighted by molar-refractivity contribution is 0.569. The van der Waals surface area contributed by atoms with E-state index in [-0.39, 0.29) is 4.90 Å². The molecule has 146 valence electrons. The van der Waals surface area contributed by atoms with Gasteiger partial charge in [-0.3, -0.25) is 4.40 Å². The molecule has 0 amide bonds. The van der Waals surface area contributed by atoms with Gasteiger partial charge in [-0.15, -0.1) is 0 Å². The average Bonchev–Trinajstić information content (AvgIpc) is 3.23. The molecule has 0 unspecified atom stereocenters. The minimum Gasteiger partial charge on any atom is -0.355 e. The summed E-state index contributed by atoms with van der Waals surface area (Å²) < 4.78 is 46.6. The summed E-state index contributed by atoms with van der Waals surface area (Å²) in [6.45, 7) is 2.79. The second-order valence-electron chi connectivity index (χ2n) is 6.23. The van der Waals surface area contributed by atoms with Gasteiger partial charge in [0, 0.05) is 37.0 Å². The zero-order chi connectivity index (χ0) is 19.3. The van der Waals surface area contributed by atoms with E-state index >= 15 is 0 Å². The fraction of sp³-hybridized carbons (Fsp3) is 0.412. The predicted molar refractivity (Wildman–Crippen MR) is 104 cm³/mol. The van der Waals surface area contributed by atoms with Crippen molar-refractivity contribution in [1.29, 1.82) is 0 Å². The Morgan fingerprint density at radius 3 is 2.78 bits per heavy atom. The van der Waals surface area contributed by atoms with Crippen molar-refractivity contribution in [3.8, 4) is 0 Å². The van der Waals surface area contributed by atoms with Crippen LogP contribution < -0.4 is 10.0 Å². The fourth-order valence-electron chi connectivity index (χ4n) is 2.72. The van der Waals surface area contributed by atoms with Gasteiger partial charge in [0.25, 0.3) is 0 Å². The van der Waals surface area contributed by atoms with Gasteiger partial charge in [-0.05, 0) is 37.5 Å². The summed E-state index contributed by atoms with van der Waals surface area (Å²) in [5.41, 5.74) is 0.531. The van der Waals surface area contributed by atoms with Gasteiger partial charge in [-0.2, -0.15) is 4.37 Å². The first-order valence-electron chi connectivity index (χ1n) is 8.76. The van der Waals surface area contributed by atoms with Crippen molar-refractivity contribution in [2.45, 2.75) is 37.5 Å². The van der Waals surface area contributed by atoms with E-state index in [1.807, 2.05) is 10.6 Å². The normalized spacial score (nSPS) is 11.9. The van der Waals surface area contributed by atoms with E-state index < -0.39 is 15.8 Å². The third-order valence-corrected chi connectivity index (χ3v) is 6.50. The molecule has 27 heavy (non-hydrogen) atoms. The van der Waals surface area contributed by atoms with Crippen molar-refractivity contribution in [1.82, 2.24) is 18.5 Å². The lowest BCUT2D eigenvalue weighted by Crippen LogP contribution is -2.25. The Hall–Kier alpha value is -2.04. The SMILES string of the molecule is Cc1ccc(F)cc1S(=O)(=O)NCCCCCCNc1nsc2nccn12. The van der Waals surface area contributed by atoms with E-state index in [9.17, 15) is 12.8 Å². The quantitative estimate of drug-likeness (QED) is 0.500. The van der Waals surface area contributed by atoms with Gasteiger partial charge in [-0.1, -0.05) is 18.9 Å². The van der Waals surface area contributed by atoms with Gasteiger partial charge in [0.05, 0.1) is 4.90 Å². The highest BCUT2D eigenvalue weighted by atomic mass is 32.2. The molecule has 0 spiro atoms. The van der Waals surface area contributed by atoms with E-state index in [0.717, 1.165) is 49.2 Å². The number of aromatic nitrogens is 3. The van der Waals surface area contributed by atoms with Gasteiger partial charge in [-0.25, -0.2) is 22.5 Å². The number of anilines is 1. The maximum atomic E-state index is 13.3. The average molecular weight is 412 g/mol. The van der Waals surface area contributed by atoms with Gasteiger partial charge in [0.15, 0.2) is 0 Å². The van der Waals surface area contributed by atoms with E-state index in [0.29, 0.717) is 12.1 Å². The third-order valence-electron chi connectivity index (χ3n) is 4.17. The van der Waals surface area contributed by atoms with Crippen LogP contribution in [0.15, 0.2) is 35.5 Å². The molecule has 0 fully saturated rings. The standard InChI is InChI=1S/C17H22FN5O2S2/c1-13-6-7-14(18)12-15(13)27(24,25)21-9-5-3-2-4-8-19-16-22-26-17-20-10-11-23(16)17/h6-7,10-12,21H,2-5,8-9H2,1H3,(H,19,22). The number of sulfonamides is 1. The molecule has 7 nitrogen and oxygen atoms in total. The van der Waals surface area contributed by atoms with Crippen LogP contribution in [0.2, 0.25) is 0 Å². The largest absolute Gasteiger partial charge is 0.355 e. The van der Waals surface area contributed by atoms with E-state index in [2.05, 4.69) is 19.4 Å². The van der Waals surface area contributed by atoms with E-state index in [1.54, 1.807) is 13.1 Å². The van der Waals surface area contributed by atoms with Crippen LogP contribution >= 0.6 is 11.5 Å². The zero-order valence-electron chi connectivity index (χ0n) is 15.0. The zero-order valence-corrected chi connectivity index (χ0v) is 16.6. The van der Waals surface area contributed by atoms with Crippen LogP contribution in [0, 0.1) is 12.7 Å². The van der Waals surface area contributed by atoms with Crippen LogP contribution in [0.4, 0.5) is 10.3 Å². The smallest absolute Gasteiger partial charge is 0.240 e. The number of nitrogens with zero attached hydrogens (tertiary/aromatic N) is 3.